The van der Waals surface area contributed by atoms with Crippen molar-refractivity contribution in [2.45, 2.75) is 20.3 Å². The number of hydrogen-bond acceptors (Lipinski definition) is 5. The van der Waals surface area contributed by atoms with Crippen molar-refractivity contribution in [3.63, 3.8) is 0 Å². The standard InChI is InChI=1S/C22H22ClN3O5/c1-13-3-4-14(2)18(9-13)26-11-16(10-20(26)28)22(30)31-12-19(27)24-25-21(29)15-5-7-17(23)8-6-15/h3-9,16H,10-12H2,1-2H3,(H,24,27)(H,25,29)/t16-/m1/s1. The van der Waals surface area contributed by atoms with Crippen molar-refractivity contribution in [3.8, 4) is 0 Å². The summed E-state index contributed by atoms with van der Waals surface area (Å²) in [4.78, 5) is 50.1. The van der Waals surface area contributed by atoms with E-state index in [2.05, 4.69) is 10.9 Å². The molecule has 162 valence electrons. The fraction of sp³-hybridized carbons (Fsp3) is 0.273. The van der Waals surface area contributed by atoms with Crippen LogP contribution in [-0.2, 0) is 19.1 Å². The van der Waals surface area contributed by atoms with Crippen molar-refractivity contribution in [2.24, 2.45) is 5.92 Å². The molecule has 0 spiro atoms. The van der Waals surface area contributed by atoms with Gasteiger partial charge in [0.2, 0.25) is 5.91 Å². The van der Waals surface area contributed by atoms with Gasteiger partial charge in [0.25, 0.3) is 11.8 Å². The SMILES string of the molecule is Cc1ccc(C)c(N2C[C@H](C(=O)OCC(=O)NNC(=O)c3ccc(Cl)cc3)CC2=O)c1. The van der Waals surface area contributed by atoms with Gasteiger partial charge in [-0.15, -0.1) is 0 Å². The Morgan fingerprint density at radius 1 is 1.10 bits per heavy atom. The highest BCUT2D eigenvalue weighted by Crippen LogP contribution is 2.29. The number of esters is 1. The number of halogens is 1. The molecule has 2 aromatic rings. The number of anilines is 1. The Morgan fingerprint density at radius 2 is 1.81 bits per heavy atom. The highest BCUT2D eigenvalue weighted by atomic mass is 35.5. The molecule has 3 rings (SSSR count). The minimum atomic E-state index is -0.702. The molecule has 9 heteroatoms. The zero-order valence-corrected chi connectivity index (χ0v) is 17.9. The van der Waals surface area contributed by atoms with Crippen LogP contribution in [0.1, 0.15) is 27.9 Å². The molecule has 1 aliphatic heterocycles. The van der Waals surface area contributed by atoms with Gasteiger partial charge in [-0.05, 0) is 55.3 Å². The first kappa shape index (κ1) is 22.3. The molecule has 0 aromatic heterocycles. The van der Waals surface area contributed by atoms with Crippen LogP contribution in [0.2, 0.25) is 5.02 Å². The zero-order chi connectivity index (χ0) is 22.5. The van der Waals surface area contributed by atoms with Crippen LogP contribution in [0.4, 0.5) is 5.69 Å². The maximum absolute atomic E-state index is 12.4. The molecule has 1 fully saturated rings. The summed E-state index contributed by atoms with van der Waals surface area (Å²) in [5.41, 5.74) is 7.41. The lowest BCUT2D eigenvalue weighted by atomic mass is 10.1. The van der Waals surface area contributed by atoms with E-state index in [0.717, 1.165) is 16.8 Å². The van der Waals surface area contributed by atoms with Gasteiger partial charge in [-0.25, -0.2) is 0 Å². The number of benzene rings is 2. The third-order valence-electron chi connectivity index (χ3n) is 4.88. The fourth-order valence-corrected chi connectivity index (χ4v) is 3.33. The molecular formula is C22H22ClN3O5. The molecule has 0 unspecified atom stereocenters. The molecule has 0 radical (unpaired) electrons. The normalized spacial score (nSPS) is 15.5. The van der Waals surface area contributed by atoms with Crippen LogP contribution in [0.15, 0.2) is 42.5 Å². The topological polar surface area (TPSA) is 105 Å². The molecule has 1 heterocycles. The van der Waals surface area contributed by atoms with Gasteiger partial charge in [0, 0.05) is 29.2 Å². The Hall–Kier alpha value is -3.39. The second-order valence-corrected chi connectivity index (χ2v) is 7.75. The average molecular weight is 444 g/mol. The molecule has 0 aliphatic carbocycles. The van der Waals surface area contributed by atoms with E-state index in [1.165, 1.54) is 12.1 Å². The second-order valence-electron chi connectivity index (χ2n) is 7.31. The number of nitrogens with zero attached hydrogens (tertiary/aromatic N) is 1. The van der Waals surface area contributed by atoms with Gasteiger partial charge >= 0.3 is 5.97 Å². The Balaban J connectivity index is 1.47. The maximum atomic E-state index is 12.4. The van der Waals surface area contributed by atoms with Gasteiger partial charge in [0.05, 0.1) is 5.92 Å². The summed E-state index contributed by atoms with van der Waals surface area (Å²) in [6, 6.07) is 11.9. The van der Waals surface area contributed by atoms with E-state index in [-0.39, 0.29) is 18.9 Å². The average Bonchev–Trinajstić information content (AvgIpc) is 3.14. The van der Waals surface area contributed by atoms with Gasteiger partial charge in [-0.3, -0.25) is 30.0 Å². The van der Waals surface area contributed by atoms with Crippen molar-refractivity contribution in [1.82, 2.24) is 10.9 Å². The van der Waals surface area contributed by atoms with Gasteiger partial charge < -0.3 is 9.64 Å². The van der Waals surface area contributed by atoms with E-state index in [1.54, 1.807) is 17.0 Å². The predicted molar refractivity (Wildman–Crippen MR) is 114 cm³/mol. The smallest absolute Gasteiger partial charge is 0.311 e. The molecule has 1 saturated heterocycles. The number of carbonyl (C=O) groups is 4. The first-order valence-corrected chi connectivity index (χ1v) is 10.0. The summed E-state index contributed by atoms with van der Waals surface area (Å²) in [6.45, 7) is 3.45. The molecule has 2 aromatic carbocycles. The lowest BCUT2D eigenvalue weighted by Crippen LogP contribution is -2.43. The molecule has 1 atom stereocenters. The van der Waals surface area contributed by atoms with E-state index in [0.29, 0.717) is 10.6 Å². The van der Waals surface area contributed by atoms with E-state index in [4.69, 9.17) is 16.3 Å². The summed E-state index contributed by atoms with van der Waals surface area (Å²) in [5, 5.41) is 0.481. The Morgan fingerprint density at radius 3 is 2.52 bits per heavy atom. The monoisotopic (exact) mass is 443 g/mol. The second kappa shape index (κ2) is 9.61. The number of hydrogen-bond donors (Lipinski definition) is 2. The number of nitrogens with one attached hydrogen (secondary N) is 2. The summed E-state index contributed by atoms with van der Waals surface area (Å²) < 4.78 is 5.03. The first-order chi connectivity index (χ1) is 14.7. The lowest BCUT2D eigenvalue weighted by Gasteiger charge is -2.19. The Labute approximate surface area is 184 Å². The molecule has 1 aliphatic rings. The molecule has 8 nitrogen and oxygen atoms in total. The Bertz CT molecular complexity index is 1020. The largest absolute Gasteiger partial charge is 0.455 e. The third-order valence-corrected chi connectivity index (χ3v) is 5.13. The molecule has 2 N–H and O–H groups in total. The van der Waals surface area contributed by atoms with Crippen LogP contribution in [0.5, 0.6) is 0 Å². The summed E-state index contributed by atoms with van der Waals surface area (Å²) >= 11 is 5.76. The van der Waals surface area contributed by atoms with Gasteiger partial charge in [0.1, 0.15) is 0 Å². The molecule has 0 bridgehead atoms. The van der Waals surface area contributed by atoms with Crippen LogP contribution in [0.3, 0.4) is 0 Å². The van der Waals surface area contributed by atoms with E-state index in [9.17, 15) is 19.2 Å². The van der Waals surface area contributed by atoms with E-state index < -0.39 is 30.3 Å². The highest BCUT2D eigenvalue weighted by Gasteiger charge is 2.36. The number of carbonyl (C=O) groups excluding carboxylic acids is 4. The minimum absolute atomic E-state index is 0.0150. The van der Waals surface area contributed by atoms with Crippen LogP contribution in [0.25, 0.3) is 0 Å². The van der Waals surface area contributed by atoms with E-state index in [1.807, 2.05) is 32.0 Å². The van der Waals surface area contributed by atoms with Crippen LogP contribution >= 0.6 is 11.6 Å². The quantitative estimate of drug-likeness (QED) is 0.545. The van der Waals surface area contributed by atoms with Gasteiger partial charge in [-0.2, -0.15) is 0 Å². The van der Waals surface area contributed by atoms with Crippen LogP contribution < -0.4 is 15.8 Å². The molecular weight excluding hydrogens is 422 g/mol. The molecule has 3 amide bonds. The summed E-state index contributed by atoms with van der Waals surface area (Å²) in [6.07, 6.45) is 0.0150. The number of rotatable bonds is 5. The molecule has 0 saturated carbocycles. The van der Waals surface area contributed by atoms with Crippen molar-refractivity contribution in [1.29, 1.82) is 0 Å². The number of aryl methyl sites for hydroxylation is 2. The number of ether oxygens (including phenoxy) is 1. The van der Waals surface area contributed by atoms with Gasteiger partial charge in [0.15, 0.2) is 6.61 Å². The minimum Gasteiger partial charge on any atom is -0.455 e. The van der Waals surface area contributed by atoms with Crippen molar-refractivity contribution >= 4 is 41.0 Å². The predicted octanol–water partition coefficient (Wildman–Crippen LogP) is 2.31. The van der Waals surface area contributed by atoms with Crippen molar-refractivity contribution < 1.29 is 23.9 Å². The van der Waals surface area contributed by atoms with Crippen LogP contribution in [-0.4, -0.2) is 36.8 Å². The first-order valence-electron chi connectivity index (χ1n) is 9.63. The van der Waals surface area contributed by atoms with Crippen molar-refractivity contribution in [3.05, 3.63) is 64.2 Å². The van der Waals surface area contributed by atoms with Gasteiger partial charge in [-0.1, -0.05) is 23.7 Å². The highest BCUT2D eigenvalue weighted by molar-refractivity contribution is 6.30. The molecule has 31 heavy (non-hydrogen) atoms. The summed E-state index contributed by atoms with van der Waals surface area (Å²) in [5.74, 6) is -2.71. The zero-order valence-electron chi connectivity index (χ0n) is 17.1. The van der Waals surface area contributed by atoms with Crippen LogP contribution in [0, 0.1) is 19.8 Å². The Kier molecular flexibility index (Phi) is 6.91. The van der Waals surface area contributed by atoms with Crippen molar-refractivity contribution in [2.75, 3.05) is 18.1 Å². The third kappa shape index (κ3) is 5.61. The summed E-state index contributed by atoms with van der Waals surface area (Å²) in [7, 11) is 0. The van der Waals surface area contributed by atoms with E-state index >= 15 is 0 Å². The fourth-order valence-electron chi connectivity index (χ4n) is 3.20. The number of amides is 3. The number of hydrazine groups is 1. The maximum Gasteiger partial charge on any atom is 0.311 e. The lowest BCUT2D eigenvalue weighted by molar-refractivity contribution is -0.152.